The van der Waals surface area contributed by atoms with Gasteiger partial charge in [0, 0.05) is 11.6 Å². The molecule has 0 bridgehead atoms. The minimum absolute atomic E-state index is 0.147. The van der Waals surface area contributed by atoms with Crippen LogP contribution in [0.5, 0.6) is 5.75 Å². The van der Waals surface area contributed by atoms with Gasteiger partial charge in [0.15, 0.2) is 0 Å². The molecule has 1 fully saturated rings. The number of phenols is 1. The molecule has 21 heavy (non-hydrogen) atoms. The normalized spacial score (nSPS) is 22.6. The summed E-state index contributed by atoms with van der Waals surface area (Å²) in [6.07, 6.45) is 0.731. The molecule has 0 spiro atoms. The predicted molar refractivity (Wildman–Crippen MR) is 81.8 cm³/mol. The number of amides is 1. The maximum absolute atomic E-state index is 12.1. The lowest BCUT2D eigenvalue weighted by Gasteiger charge is -2.12. The van der Waals surface area contributed by atoms with Gasteiger partial charge in [0.1, 0.15) is 11.8 Å². The number of carbonyl (C=O) groups is 1. The molecule has 1 aliphatic rings. The molecule has 1 aromatic carbocycles. The summed E-state index contributed by atoms with van der Waals surface area (Å²) in [5.74, 6) is 0.427. The van der Waals surface area contributed by atoms with E-state index in [1.807, 2.05) is 6.07 Å². The Kier molecular flexibility index (Phi) is 4.93. The zero-order valence-corrected chi connectivity index (χ0v) is 12.6. The van der Waals surface area contributed by atoms with E-state index in [9.17, 15) is 9.90 Å². The standard InChI is InChI=1S/C15H22N4O2/c1-9(2)12-8-13(18-17-12)15(21)19-16-10(3)11-6-4-5-7-14(11)20/h4-7,9,12-13,17-18,20H,8H2,1-3H3,(H,19,21)/b16-10+. The molecular weight excluding hydrogens is 268 g/mol. The van der Waals surface area contributed by atoms with Crippen LogP contribution in [0.1, 0.15) is 32.8 Å². The van der Waals surface area contributed by atoms with Crippen molar-refractivity contribution in [1.82, 2.24) is 16.3 Å². The average molecular weight is 290 g/mol. The Morgan fingerprint density at radius 1 is 1.38 bits per heavy atom. The van der Waals surface area contributed by atoms with Gasteiger partial charge in [0.2, 0.25) is 0 Å². The minimum Gasteiger partial charge on any atom is -0.507 e. The van der Waals surface area contributed by atoms with E-state index in [4.69, 9.17) is 0 Å². The smallest absolute Gasteiger partial charge is 0.258 e. The molecule has 2 unspecified atom stereocenters. The maximum atomic E-state index is 12.1. The lowest BCUT2D eigenvalue weighted by atomic mass is 9.99. The van der Waals surface area contributed by atoms with Gasteiger partial charge in [-0.25, -0.2) is 10.9 Å². The predicted octanol–water partition coefficient (Wildman–Crippen LogP) is 1.12. The molecule has 1 amide bonds. The average Bonchev–Trinajstić information content (AvgIpc) is 2.95. The van der Waals surface area contributed by atoms with Crippen molar-refractivity contribution in [2.75, 3.05) is 0 Å². The number of benzene rings is 1. The second kappa shape index (κ2) is 6.69. The van der Waals surface area contributed by atoms with Gasteiger partial charge in [-0.3, -0.25) is 10.2 Å². The van der Waals surface area contributed by atoms with Crippen molar-refractivity contribution >= 4 is 11.6 Å². The zero-order chi connectivity index (χ0) is 15.4. The van der Waals surface area contributed by atoms with Crippen LogP contribution in [0.4, 0.5) is 0 Å². The number of carbonyl (C=O) groups excluding carboxylic acids is 1. The van der Waals surface area contributed by atoms with Gasteiger partial charge < -0.3 is 5.11 Å². The van der Waals surface area contributed by atoms with Crippen LogP contribution >= 0.6 is 0 Å². The van der Waals surface area contributed by atoms with Crippen molar-refractivity contribution in [2.45, 2.75) is 39.3 Å². The maximum Gasteiger partial charge on any atom is 0.258 e. The molecule has 4 N–H and O–H groups in total. The summed E-state index contributed by atoms with van der Waals surface area (Å²) in [6, 6.07) is 6.88. The third-order valence-electron chi connectivity index (χ3n) is 3.68. The Morgan fingerprint density at radius 2 is 2.10 bits per heavy atom. The largest absolute Gasteiger partial charge is 0.507 e. The first kappa shape index (κ1) is 15.5. The molecule has 0 radical (unpaired) electrons. The quantitative estimate of drug-likeness (QED) is 0.494. The number of hydrazone groups is 1. The van der Waals surface area contributed by atoms with Gasteiger partial charge >= 0.3 is 0 Å². The Hall–Kier alpha value is -1.92. The third kappa shape index (κ3) is 3.80. The molecule has 1 saturated heterocycles. The van der Waals surface area contributed by atoms with E-state index in [1.54, 1.807) is 25.1 Å². The molecule has 1 aromatic rings. The van der Waals surface area contributed by atoms with Gasteiger partial charge in [-0.05, 0) is 31.4 Å². The molecule has 0 aliphatic carbocycles. The van der Waals surface area contributed by atoms with Crippen LogP contribution in [0.25, 0.3) is 0 Å². The van der Waals surface area contributed by atoms with Crippen molar-refractivity contribution < 1.29 is 9.90 Å². The number of nitrogens with one attached hydrogen (secondary N) is 3. The summed E-state index contributed by atoms with van der Waals surface area (Å²) >= 11 is 0. The van der Waals surface area contributed by atoms with E-state index >= 15 is 0 Å². The van der Waals surface area contributed by atoms with Crippen molar-refractivity contribution in [3.63, 3.8) is 0 Å². The van der Waals surface area contributed by atoms with Gasteiger partial charge in [0.25, 0.3) is 5.91 Å². The van der Waals surface area contributed by atoms with E-state index in [-0.39, 0.29) is 23.7 Å². The van der Waals surface area contributed by atoms with E-state index in [0.717, 1.165) is 6.42 Å². The molecule has 0 saturated carbocycles. The molecule has 6 heteroatoms. The highest BCUT2D eigenvalue weighted by Gasteiger charge is 2.30. The summed E-state index contributed by atoms with van der Waals surface area (Å²) in [7, 11) is 0. The summed E-state index contributed by atoms with van der Waals surface area (Å²) in [5.41, 5.74) is 9.81. The number of hydrogen-bond donors (Lipinski definition) is 4. The van der Waals surface area contributed by atoms with E-state index in [1.165, 1.54) is 0 Å². The van der Waals surface area contributed by atoms with Crippen LogP contribution in [0.3, 0.4) is 0 Å². The molecule has 0 aromatic heterocycles. The number of aromatic hydroxyl groups is 1. The molecule has 2 atom stereocenters. The lowest BCUT2D eigenvalue weighted by Crippen LogP contribution is -2.42. The first-order valence-corrected chi connectivity index (χ1v) is 7.12. The van der Waals surface area contributed by atoms with Crippen molar-refractivity contribution in [1.29, 1.82) is 0 Å². The van der Waals surface area contributed by atoms with Gasteiger partial charge in [-0.2, -0.15) is 5.10 Å². The minimum atomic E-state index is -0.293. The fourth-order valence-electron chi connectivity index (χ4n) is 2.25. The molecule has 1 heterocycles. The number of hydrazine groups is 1. The highest BCUT2D eigenvalue weighted by molar-refractivity contribution is 6.01. The lowest BCUT2D eigenvalue weighted by molar-refractivity contribution is -0.122. The van der Waals surface area contributed by atoms with Crippen LogP contribution in [-0.4, -0.2) is 28.8 Å². The highest BCUT2D eigenvalue weighted by atomic mass is 16.3. The fraction of sp³-hybridized carbons (Fsp3) is 0.467. The molecule has 2 rings (SSSR count). The van der Waals surface area contributed by atoms with E-state index in [0.29, 0.717) is 17.2 Å². The Balaban J connectivity index is 1.95. The second-order valence-corrected chi connectivity index (χ2v) is 5.62. The molecular formula is C15H22N4O2. The number of hydrogen-bond acceptors (Lipinski definition) is 5. The fourth-order valence-corrected chi connectivity index (χ4v) is 2.25. The molecule has 6 nitrogen and oxygen atoms in total. The van der Waals surface area contributed by atoms with Crippen LogP contribution in [0.2, 0.25) is 0 Å². The van der Waals surface area contributed by atoms with Crippen molar-refractivity contribution in [2.24, 2.45) is 11.0 Å². The van der Waals surface area contributed by atoms with E-state index in [2.05, 4.69) is 35.2 Å². The van der Waals surface area contributed by atoms with Gasteiger partial charge in [-0.1, -0.05) is 26.0 Å². The SMILES string of the molecule is C/C(=N\NC(=O)C1CC(C(C)C)NN1)c1ccccc1O. The topological polar surface area (TPSA) is 85.8 Å². The van der Waals surface area contributed by atoms with Crippen LogP contribution in [0, 0.1) is 5.92 Å². The van der Waals surface area contributed by atoms with Crippen LogP contribution in [-0.2, 0) is 4.79 Å². The van der Waals surface area contributed by atoms with Gasteiger partial charge in [0.05, 0.1) is 5.71 Å². The molecule has 114 valence electrons. The summed E-state index contributed by atoms with van der Waals surface area (Å²) in [6.45, 7) is 5.97. The first-order chi connectivity index (χ1) is 9.99. The summed E-state index contributed by atoms with van der Waals surface area (Å²) < 4.78 is 0. The number of phenolic OH excluding ortho intramolecular Hbond substituents is 1. The number of nitrogens with zero attached hydrogens (tertiary/aromatic N) is 1. The Labute approximate surface area is 124 Å². The zero-order valence-electron chi connectivity index (χ0n) is 12.6. The van der Waals surface area contributed by atoms with Crippen LogP contribution < -0.4 is 16.3 Å². The Bertz CT molecular complexity index is 542. The van der Waals surface area contributed by atoms with Crippen molar-refractivity contribution in [3.8, 4) is 5.75 Å². The first-order valence-electron chi connectivity index (χ1n) is 7.12. The Morgan fingerprint density at radius 3 is 2.71 bits per heavy atom. The number of rotatable bonds is 4. The number of para-hydroxylation sites is 1. The van der Waals surface area contributed by atoms with Gasteiger partial charge in [-0.15, -0.1) is 0 Å². The summed E-state index contributed by atoms with van der Waals surface area (Å²) in [5, 5.41) is 13.8. The highest BCUT2D eigenvalue weighted by Crippen LogP contribution is 2.16. The van der Waals surface area contributed by atoms with Crippen molar-refractivity contribution in [3.05, 3.63) is 29.8 Å². The van der Waals surface area contributed by atoms with Crippen LogP contribution in [0.15, 0.2) is 29.4 Å². The monoisotopic (exact) mass is 290 g/mol. The third-order valence-corrected chi connectivity index (χ3v) is 3.68. The molecule has 1 aliphatic heterocycles. The van der Waals surface area contributed by atoms with E-state index < -0.39 is 0 Å². The summed E-state index contributed by atoms with van der Waals surface area (Å²) in [4.78, 5) is 12.1. The second-order valence-electron chi connectivity index (χ2n) is 5.62.